The summed E-state index contributed by atoms with van der Waals surface area (Å²) in [6.07, 6.45) is 1.90. The molecule has 2 aliphatic heterocycles. The van der Waals surface area contributed by atoms with Crippen LogP contribution in [-0.2, 0) is 18.9 Å². The summed E-state index contributed by atoms with van der Waals surface area (Å²) in [5.74, 6) is -0.00462. The zero-order valence-corrected chi connectivity index (χ0v) is 8.38. The fourth-order valence-corrected chi connectivity index (χ4v) is 2.28. The molecule has 1 aromatic heterocycles. The summed E-state index contributed by atoms with van der Waals surface area (Å²) in [4.78, 5) is 26.7. The molecule has 0 aromatic carbocycles. The van der Waals surface area contributed by atoms with Crippen LogP contribution in [0.3, 0.4) is 0 Å². The number of nitrogens with zero attached hydrogens (tertiary/aromatic N) is 1. The topological polar surface area (TPSA) is 65.5 Å². The standard InChI is InChI=1S/C10H8BNO4/c13-9-5-7-6-10(14)16-11(7,15-9)8-3-1-2-4-12-8/h1-4H,5-6H2. The predicted octanol–water partition coefficient (Wildman–Crippen LogP) is -0.262. The van der Waals surface area contributed by atoms with E-state index in [2.05, 4.69) is 4.98 Å². The molecule has 0 spiro atoms. The highest BCUT2D eigenvalue weighted by molar-refractivity contribution is 6.90. The normalized spacial score (nSPS) is 21.6. The van der Waals surface area contributed by atoms with Crippen LogP contribution >= 0.6 is 0 Å². The molecule has 1 aromatic rings. The number of carbonyl (C=O) groups is 2. The van der Waals surface area contributed by atoms with Gasteiger partial charge >= 0.3 is 18.5 Å². The first-order valence-electron chi connectivity index (χ1n) is 5.05. The quantitative estimate of drug-likeness (QED) is 0.478. The van der Waals surface area contributed by atoms with E-state index in [1.165, 1.54) is 0 Å². The molecule has 0 amide bonds. The summed E-state index contributed by atoms with van der Waals surface area (Å²) in [5.41, 5.74) is 0.509. The monoisotopic (exact) mass is 217 g/mol. The molecular weight excluding hydrogens is 209 g/mol. The third-order valence-corrected chi connectivity index (χ3v) is 2.95. The molecule has 5 nitrogen and oxygen atoms in total. The fraction of sp³-hybridized carbons (Fsp3) is 0.200. The second-order valence-electron chi connectivity index (χ2n) is 3.96. The van der Waals surface area contributed by atoms with Crippen molar-refractivity contribution in [3.05, 3.63) is 30.2 Å². The summed E-state index contributed by atoms with van der Waals surface area (Å²) in [7, 11) is 0. The molecule has 2 fully saturated rings. The van der Waals surface area contributed by atoms with Gasteiger partial charge in [-0.25, -0.2) is 0 Å². The van der Waals surface area contributed by atoms with E-state index in [0.29, 0.717) is 11.4 Å². The Morgan fingerprint density at radius 3 is 2.44 bits per heavy atom. The minimum absolute atomic E-state index is 0.155. The van der Waals surface area contributed by atoms with E-state index in [-0.39, 0.29) is 24.8 Å². The lowest BCUT2D eigenvalue weighted by Gasteiger charge is -2.23. The SMILES string of the molecule is O=C1C[C+]2CC(=O)O[B-]2(c2ccccn2)O1. The van der Waals surface area contributed by atoms with Crippen molar-refractivity contribution < 1.29 is 18.9 Å². The van der Waals surface area contributed by atoms with Gasteiger partial charge in [0.15, 0.2) is 0 Å². The van der Waals surface area contributed by atoms with Crippen molar-refractivity contribution in [2.45, 2.75) is 12.8 Å². The molecule has 0 bridgehead atoms. The number of aromatic nitrogens is 1. The van der Waals surface area contributed by atoms with Gasteiger partial charge in [0.25, 0.3) is 0 Å². The average molecular weight is 217 g/mol. The first kappa shape index (κ1) is 9.27. The van der Waals surface area contributed by atoms with Gasteiger partial charge in [-0.15, -0.1) is 0 Å². The minimum atomic E-state index is -2.09. The first-order chi connectivity index (χ1) is 7.71. The van der Waals surface area contributed by atoms with Gasteiger partial charge in [0.05, 0.1) is 0 Å². The van der Waals surface area contributed by atoms with Crippen LogP contribution in [0.2, 0.25) is 0 Å². The molecule has 0 unspecified atom stereocenters. The third kappa shape index (κ3) is 1.13. The summed E-state index contributed by atoms with van der Waals surface area (Å²) in [6, 6.07) is 5.23. The van der Waals surface area contributed by atoms with Gasteiger partial charge in [0.2, 0.25) is 0 Å². The van der Waals surface area contributed by atoms with Crippen LogP contribution in [0.5, 0.6) is 0 Å². The van der Waals surface area contributed by atoms with Gasteiger partial charge in [0.1, 0.15) is 12.8 Å². The molecule has 0 saturated carbocycles. The molecule has 2 saturated heterocycles. The van der Waals surface area contributed by atoms with Crippen molar-refractivity contribution in [3.8, 4) is 0 Å². The number of pyridine rings is 1. The second kappa shape index (κ2) is 3.01. The molecule has 80 valence electrons. The van der Waals surface area contributed by atoms with Crippen molar-refractivity contribution in [1.29, 1.82) is 0 Å². The summed E-state index contributed by atoms with van der Waals surface area (Å²) < 4.78 is 10.4. The Bertz CT molecular complexity index is 441. The Hall–Kier alpha value is -1.98. The van der Waals surface area contributed by atoms with E-state index >= 15 is 0 Å². The number of hydrogen-bond donors (Lipinski definition) is 0. The highest BCUT2D eigenvalue weighted by Crippen LogP contribution is 2.39. The van der Waals surface area contributed by atoms with Crippen molar-refractivity contribution in [3.63, 3.8) is 0 Å². The van der Waals surface area contributed by atoms with Gasteiger partial charge in [-0.2, -0.15) is 0 Å². The molecule has 0 N–H and O–H groups in total. The molecule has 3 heterocycles. The van der Waals surface area contributed by atoms with E-state index in [0.717, 1.165) is 0 Å². The number of fused-ring (bicyclic) bond motifs is 1. The fourth-order valence-electron chi connectivity index (χ4n) is 2.28. The van der Waals surface area contributed by atoms with E-state index < -0.39 is 6.55 Å². The largest absolute Gasteiger partial charge is 0.609 e. The highest BCUT2D eigenvalue weighted by atomic mass is 16.7. The molecule has 0 radical (unpaired) electrons. The second-order valence-corrected chi connectivity index (χ2v) is 3.96. The Kier molecular flexibility index (Phi) is 1.74. The molecule has 0 atom stereocenters. The highest BCUT2D eigenvalue weighted by Gasteiger charge is 2.66. The molecule has 3 rings (SSSR count). The van der Waals surface area contributed by atoms with Crippen LogP contribution in [0.15, 0.2) is 24.4 Å². The van der Waals surface area contributed by atoms with Crippen LogP contribution in [0, 0.1) is 5.82 Å². The van der Waals surface area contributed by atoms with Gasteiger partial charge in [-0.1, -0.05) is 12.1 Å². The van der Waals surface area contributed by atoms with Crippen LogP contribution < -0.4 is 5.59 Å². The van der Waals surface area contributed by atoms with Crippen LogP contribution in [0.4, 0.5) is 0 Å². The maximum absolute atomic E-state index is 11.3. The van der Waals surface area contributed by atoms with Crippen molar-refractivity contribution >= 4 is 24.1 Å². The maximum Gasteiger partial charge on any atom is 0.606 e. The van der Waals surface area contributed by atoms with Crippen LogP contribution in [0.25, 0.3) is 0 Å². The lowest BCUT2D eigenvalue weighted by atomic mass is 9.46. The van der Waals surface area contributed by atoms with Crippen molar-refractivity contribution in [2.24, 2.45) is 0 Å². The number of rotatable bonds is 1. The zero-order valence-electron chi connectivity index (χ0n) is 8.38. The zero-order chi connectivity index (χ0) is 11.2. The van der Waals surface area contributed by atoms with Gasteiger partial charge in [-0.3, -0.25) is 14.6 Å². The summed E-state index contributed by atoms with van der Waals surface area (Å²) in [6.45, 7) is -2.09. The van der Waals surface area contributed by atoms with E-state index in [4.69, 9.17) is 9.31 Å². The molecule has 6 heteroatoms. The number of carbonyl (C=O) groups excluding carboxylic acids is 2. The van der Waals surface area contributed by atoms with E-state index in [1.807, 2.05) is 0 Å². The smallest absolute Gasteiger partial charge is 0.606 e. The Morgan fingerprint density at radius 1 is 1.19 bits per heavy atom. The van der Waals surface area contributed by atoms with E-state index in [9.17, 15) is 9.59 Å². The summed E-state index contributed by atoms with van der Waals surface area (Å²) >= 11 is 0. The molecule has 0 aliphatic carbocycles. The summed E-state index contributed by atoms with van der Waals surface area (Å²) in [5, 5.41) is 0. The number of hydrogen-bond acceptors (Lipinski definition) is 5. The Labute approximate surface area is 91.7 Å². The Balaban J connectivity index is 2.08. The lowest BCUT2D eigenvalue weighted by molar-refractivity contribution is -0.138. The molecule has 16 heavy (non-hydrogen) atoms. The average Bonchev–Trinajstić information content (AvgIpc) is 2.71. The van der Waals surface area contributed by atoms with Crippen molar-refractivity contribution in [2.75, 3.05) is 0 Å². The predicted molar refractivity (Wildman–Crippen MR) is 54.3 cm³/mol. The van der Waals surface area contributed by atoms with Gasteiger partial charge in [-0.05, 0) is 6.07 Å². The molecular formula is C10H8BNO4. The van der Waals surface area contributed by atoms with Gasteiger partial charge < -0.3 is 9.31 Å². The minimum Gasteiger partial charge on any atom is -0.609 e. The molecule has 2 aliphatic rings. The lowest BCUT2D eigenvalue weighted by Crippen LogP contribution is -2.53. The first-order valence-corrected chi connectivity index (χ1v) is 5.05. The van der Waals surface area contributed by atoms with Gasteiger partial charge in [0, 0.05) is 17.6 Å². The van der Waals surface area contributed by atoms with E-state index in [1.54, 1.807) is 24.4 Å². The maximum atomic E-state index is 11.3. The van der Waals surface area contributed by atoms with Crippen LogP contribution in [-0.4, -0.2) is 23.5 Å². The van der Waals surface area contributed by atoms with Crippen molar-refractivity contribution in [1.82, 2.24) is 4.98 Å². The third-order valence-electron chi connectivity index (χ3n) is 2.95. The van der Waals surface area contributed by atoms with Crippen LogP contribution in [0.1, 0.15) is 12.8 Å². The Morgan fingerprint density at radius 2 is 1.88 bits per heavy atom.